The molecule has 0 heterocycles. The lowest BCUT2D eigenvalue weighted by molar-refractivity contribution is 0.286. The average molecular weight is 575 g/mol. The van der Waals surface area contributed by atoms with Gasteiger partial charge < -0.3 is 27.5 Å². The first-order chi connectivity index (χ1) is 15.9. The Hall–Kier alpha value is 0.0644. The van der Waals surface area contributed by atoms with Crippen LogP contribution in [-0.2, 0) is 16.5 Å². The Labute approximate surface area is 221 Å². The van der Waals surface area contributed by atoms with Crippen LogP contribution in [0.15, 0.2) is 30.3 Å². The molecule has 0 aromatic heterocycles. The number of nitrogens with one attached hydrogen (secondary N) is 1. The van der Waals surface area contributed by atoms with E-state index in [1.165, 1.54) is 5.56 Å². The van der Waals surface area contributed by atoms with Crippen LogP contribution >= 0.6 is 0 Å². The SMILES string of the molecule is CC(C[Si](C)(O[Si](C)(C)C)O[Si](C)(CCCNCCN)O[Si](C)(C)O[Si](C)(C)C)c1ccccc1. The van der Waals surface area contributed by atoms with Crippen LogP contribution in [0.2, 0.25) is 77.6 Å². The predicted octanol–water partition coefficient (Wildman–Crippen LogP) is 6.31. The van der Waals surface area contributed by atoms with Gasteiger partial charge in [0.2, 0.25) is 0 Å². The van der Waals surface area contributed by atoms with Crippen molar-refractivity contribution in [1.82, 2.24) is 5.32 Å². The minimum Gasteiger partial charge on any atom is -0.437 e. The van der Waals surface area contributed by atoms with Crippen molar-refractivity contribution in [3.8, 4) is 0 Å². The molecule has 204 valence electrons. The highest BCUT2D eigenvalue weighted by Gasteiger charge is 2.49. The molecule has 3 atom stereocenters. The number of hydrogen-bond acceptors (Lipinski definition) is 6. The van der Waals surface area contributed by atoms with Gasteiger partial charge in [0, 0.05) is 13.1 Å². The highest BCUT2D eigenvalue weighted by Crippen LogP contribution is 2.35. The van der Waals surface area contributed by atoms with Crippen LogP contribution in [-0.4, -0.2) is 62.0 Å². The topological polar surface area (TPSA) is 75.0 Å². The van der Waals surface area contributed by atoms with Gasteiger partial charge in [-0.2, -0.15) is 0 Å². The fourth-order valence-electron chi connectivity index (χ4n) is 4.83. The van der Waals surface area contributed by atoms with Gasteiger partial charge in [-0.15, -0.1) is 0 Å². The average Bonchev–Trinajstić information content (AvgIpc) is 2.63. The van der Waals surface area contributed by atoms with Gasteiger partial charge in [0.15, 0.2) is 16.6 Å². The van der Waals surface area contributed by atoms with Crippen LogP contribution < -0.4 is 11.1 Å². The molecule has 0 fully saturated rings. The highest BCUT2D eigenvalue weighted by atomic mass is 28.5. The van der Waals surface area contributed by atoms with Crippen LogP contribution in [0.1, 0.15) is 24.8 Å². The second kappa shape index (κ2) is 13.7. The van der Waals surface area contributed by atoms with Gasteiger partial charge in [-0.1, -0.05) is 37.3 Å². The highest BCUT2D eigenvalue weighted by molar-refractivity contribution is 6.91. The van der Waals surface area contributed by atoms with Crippen molar-refractivity contribution in [2.24, 2.45) is 5.73 Å². The molecule has 0 saturated heterocycles. The first kappa shape index (κ1) is 33.1. The van der Waals surface area contributed by atoms with Crippen molar-refractivity contribution in [2.75, 3.05) is 19.6 Å². The molecule has 0 amide bonds. The zero-order valence-corrected chi connectivity index (χ0v) is 29.4. The predicted molar refractivity (Wildman–Crippen MR) is 163 cm³/mol. The summed E-state index contributed by atoms with van der Waals surface area (Å²) >= 11 is 0. The number of rotatable bonds is 17. The summed E-state index contributed by atoms with van der Waals surface area (Å²) < 4.78 is 27.8. The summed E-state index contributed by atoms with van der Waals surface area (Å²) in [5.74, 6) is 0.358. The van der Waals surface area contributed by atoms with Crippen molar-refractivity contribution in [3.63, 3.8) is 0 Å². The second-order valence-corrected chi connectivity index (χ2v) is 32.4. The molecule has 6 nitrogen and oxygen atoms in total. The summed E-state index contributed by atoms with van der Waals surface area (Å²) in [6.45, 7) is 27.0. The standard InChI is InChI=1S/C24H54N2O4Si5/c1-23(24-16-13-12-14-17-24)22-35(11,28-32(5,6)7)30-34(10,21-15-19-26-20-18-25)29-33(8,9)27-31(2,3)4/h12-14,16-17,23,26H,15,18-22,25H2,1-11H3. The van der Waals surface area contributed by atoms with E-state index < -0.39 is 42.3 Å². The largest absolute Gasteiger partial charge is 0.437 e. The molecule has 0 saturated carbocycles. The summed E-state index contributed by atoms with van der Waals surface area (Å²) in [6, 6.07) is 12.5. The molecule has 0 aliphatic heterocycles. The molecule has 0 aliphatic rings. The fourth-order valence-corrected chi connectivity index (χ4v) is 29.0. The van der Waals surface area contributed by atoms with E-state index in [1.807, 2.05) is 0 Å². The quantitative estimate of drug-likeness (QED) is 0.168. The third-order valence-corrected chi connectivity index (χ3v) is 23.7. The van der Waals surface area contributed by atoms with Crippen LogP contribution in [0.3, 0.4) is 0 Å². The van der Waals surface area contributed by atoms with Gasteiger partial charge in [0.05, 0.1) is 0 Å². The maximum absolute atomic E-state index is 7.24. The summed E-state index contributed by atoms with van der Waals surface area (Å²) in [6.07, 6.45) is 0.992. The zero-order valence-electron chi connectivity index (χ0n) is 24.4. The molecule has 3 unspecified atom stereocenters. The lowest BCUT2D eigenvalue weighted by Gasteiger charge is -2.45. The molecule has 1 rings (SSSR count). The monoisotopic (exact) mass is 574 g/mol. The van der Waals surface area contributed by atoms with Crippen molar-refractivity contribution >= 4 is 42.3 Å². The summed E-state index contributed by atoms with van der Waals surface area (Å²) in [7, 11) is -11.1. The van der Waals surface area contributed by atoms with Gasteiger partial charge in [-0.25, -0.2) is 0 Å². The first-order valence-corrected chi connectivity index (χ1v) is 27.8. The smallest absolute Gasteiger partial charge is 0.317 e. The van der Waals surface area contributed by atoms with E-state index in [-0.39, 0.29) is 0 Å². The summed E-state index contributed by atoms with van der Waals surface area (Å²) in [5.41, 5.74) is 6.99. The lowest BCUT2D eigenvalue weighted by Crippen LogP contribution is -2.60. The molecule has 0 spiro atoms. The van der Waals surface area contributed by atoms with Crippen LogP contribution in [0.4, 0.5) is 0 Å². The maximum Gasteiger partial charge on any atom is 0.317 e. The van der Waals surface area contributed by atoms with Crippen LogP contribution in [0.25, 0.3) is 0 Å². The Bertz CT molecular complexity index is 746. The normalized spacial score (nSPS) is 17.6. The van der Waals surface area contributed by atoms with Gasteiger partial charge in [-0.3, -0.25) is 0 Å². The van der Waals surface area contributed by atoms with Crippen molar-refractivity contribution < 1.29 is 16.5 Å². The molecule has 0 aliphatic carbocycles. The lowest BCUT2D eigenvalue weighted by atomic mass is 10.0. The van der Waals surface area contributed by atoms with Crippen LogP contribution in [0.5, 0.6) is 0 Å². The molecule has 11 heteroatoms. The van der Waals surface area contributed by atoms with Gasteiger partial charge >= 0.3 is 25.7 Å². The Kier molecular flexibility index (Phi) is 13.0. The van der Waals surface area contributed by atoms with Gasteiger partial charge in [0.25, 0.3) is 0 Å². The Balaban J connectivity index is 3.22. The summed E-state index contributed by atoms with van der Waals surface area (Å²) in [5, 5.41) is 3.42. The Morgan fingerprint density at radius 2 is 1.31 bits per heavy atom. The molecule has 3 N–H and O–H groups in total. The molecule has 1 aromatic rings. The van der Waals surface area contributed by atoms with E-state index in [0.717, 1.165) is 31.6 Å². The van der Waals surface area contributed by atoms with E-state index in [4.69, 9.17) is 22.2 Å². The maximum atomic E-state index is 7.24. The van der Waals surface area contributed by atoms with E-state index in [1.54, 1.807) is 0 Å². The van der Waals surface area contributed by atoms with Crippen molar-refractivity contribution in [1.29, 1.82) is 0 Å². The molecule has 0 bridgehead atoms. The first-order valence-electron chi connectivity index (χ1n) is 13.1. The van der Waals surface area contributed by atoms with E-state index in [2.05, 4.69) is 108 Å². The van der Waals surface area contributed by atoms with Gasteiger partial charge in [-0.05, 0) is 102 Å². The number of hydrogen-bond donors (Lipinski definition) is 2. The molecule has 0 radical (unpaired) electrons. The minimum atomic E-state index is -2.60. The molecule has 35 heavy (non-hydrogen) atoms. The van der Waals surface area contributed by atoms with Crippen molar-refractivity contribution in [3.05, 3.63) is 35.9 Å². The van der Waals surface area contributed by atoms with Crippen LogP contribution in [0, 0.1) is 0 Å². The molecular weight excluding hydrogens is 521 g/mol. The van der Waals surface area contributed by atoms with E-state index in [9.17, 15) is 0 Å². The third kappa shape index (κ3) is 14.5. The van der Waals surface area contributed by atoms with Crippen molar-refractivity contribution in [2.45, 2.75) is 96.8 Å². The van der Waals surface area contributed by atoms with E-state index >= 15 is 0 Å². The second-order valence-electron chi connectivity index (χ2n) is 12.5. The zero-order chi connectivity index (χ0) is 27.0. The summed E-state index contributed by atoms with van der Waals surface area (Å²) in [4.78, 5) is 0. The fraction of sp³-hybridized carbons (Fsp3) is 0.750. The number of benzene rings is 1. The minimum absolute atomic E-state index is 0.358. The van der Waals surface area contributed by atoms with Gasteiger partial charge in [0.1, 0.15) is 0 Å². The molecule has 1 aromatic carbocycles. The molecular formula is C24H54N2O4Si5. The number of nitrogens with two attached hydrogens (primary N) is 1. The van der Waals surface area contributed by atoms with E-state index in [0.29, 0.717) is 12.5 Å². The third-order valence-electron chi connectivity index (χ3n) is 5.32. The Morgan fingerprint density at radius 3 is 1.83 bits per heavy atom. The Morgan fingerprint density at radius 1 is 0.743 bits per heavy atom.